The number of furan rings is 2. The summed E-state index contributed by atoms with van der Waals surface area (Å²) in [6, 6.07) is 13.1. The largest absolute Gasteiger partial charge is 0.494 e. The highest BCUT2D eigenvalue weighted by molar-refractivity contribution is 6.10. The maximum absolute atomic E-state index is 12.9. The summed E-state index contributed by atoms with van der Waals surface area (Å²) in [7, 11) is 0. The molecule has 3 aromatic carbocycles. The van der Waals surface area contributed by atoms with Crippen LogP contribution in [0.3, 0.4) is 0 Å². The van der Waals surface area contributed by atoms with Gasteiger partial charge in [-0.2, -0.15) is 0 Å². The highest BCUT2D eigenvalue weighted by Gasteiger charge is 2.30. The van der Waals surface area contributed by atoms with Crippen molar-refractivity contribution >= 4 is 21.5 Å². The van der Waals surface area contributed by atoms with Gasteiger partial charge >= 0.3 is 22.5 Å². The number of ether oxygens (including phenoxy) is 4. The molecule has 0 saturated carbocycles. The van der Waals surface area contributed by atoms with Crippen molar-refractivity contribution in [2.24, 2.45) is 0 Å². The van der Waals surface area contributed by atoms with Crippen LogP contribution in [0.2, 0.25) is 0 Å². The van der Waals surface area contributed by atoms with Crippen molar-refractivity contribution in [2.45, 2.75) is 78.1 Å². The molecule has 10 heteroatoms. The first-order valence-electron chi connectivity index (χ1n) is 16.0. The van der Waals surface area contributed by atoms with Crippen molar-refractivity contribution in [3.63, 3.8) is 0 Å². The summed E-state index contributed by atoms with van der Waals surface area (Å²) in [5.41, 5.74) is -4.16. The molecule has 242 valence electrons. The zero-order valence-electron chi connectivity index (χ0n) is 26.2. The van der Waals surface area contributed by atoms with Gasteiger partial charge in [-0.25, -0.2) is 19.2 Å². The Balaban J connectivity index is 1.40. The smallest absolute Gasteiger partial charge is 0.350 e. The predicted octanol–water partition coefficient (Wildman–Crippen LogP) is 7.78. The Morgan fingerprint density at radius 1 is 0.435 bits per heavy atom. The van der Waals surface area contributed by atoms with Gasteiger partial charge in [0, 0.05) is 0 Å². The van der Waals surface area contributed by atoms with Gasteiger partial charge in [0.25, 0.3) is 0 Å². The second-order valence-corrected chi connectivity index (χ2v) is 11.2. The minimum Gasteiger partial charge on any atom is -0.494 e. The predicted molar refractivity (Wildman–Crippen MR) is 175 cm³/mol. The molecule has 0 spiro atoms. The van der Waals surface area contributed by atoms with E-state index in [1.54, 1.807) is 48.5 Å². The molecular formula is C36H38O10. The minimum atomic E-state index is -1.04. The first-order chi connectivity index (χ1) is 22.4. The topological polar surface area (TPSA) is 131 Å². The summed E-state index contributed by atoms with van der Waals surface area (Å²) in [6.45, 7) is 5.48. The summed E-state index contributed by atoms with van der Waals surface area (Å²) in [5, 5.41) is -1.33. The maximum Gasteiger partial charge on any atom is 0.350 e. The third-order valence-electron chi connectivity index (χ3n) is 7.72. The van der Waals surface area contributed by atoms with Crippen LogP contribution in [0, 0.1) is 0 Å². The summed E-state index contributed by atoms with van der Waals surface area (Å²) in [6.07, 6.45) is 11.1. The van der Waals surface area contributed by atoms with Crippen molar-refractivity contribution in [3.8, 4) is 34.5 Å². The Morgan fingerprint density at radius 2 is 0.739 bits per heavy atom. The summed E-state index contributed by atoms with van der Waals surface area (Å²) in [4.78, 5) is 51.7. The number of unbranched alkanes of at least 4 members (excludes halogenated alkanes) is 8. The van der Waals surface area contributed by atoms with Gasteiger partial charge in [0.2, 0.25) is 0 Å². The molecule has 0 N–H and O–H groups in total. The highest BCUT2D eigenvalue weighted by Crippen LogP contribution is 2.41. The Morgan fingerprint density at radius 3 is 1.07 bits per heavy atom. The van der Waals surface area contributed by atoms with Gasteiger partial charge < -0.3 is 27.8 Å². The lowest BCUT2D eigenvalue weighted by Gasteiger charge is -2.12. The first-order valence-corrected chi connectivity index (χ1v) is 16.0. The van der Waals surface area contributed by atoms with E-state index in [-0.39, 0.29) is 44.5 Å². The SMILES string of the molecule is CCCCCCCOc1ccc(Oc2c3c(=O)oc(=O)c3c(Oc3ccc(OCCCCCCC)cc3)c3c(=O)oc(=O)c23)cc1. The van der Waals surface area contributed by atoms with Gasteiger partial charge in [0.05, 0.1) is 13.2 Å². The normalized spacial score (nSPS) is 11.3. The van der Waals surface area contributed by atoms with E-state index >= 15 is 0 Å². The second-order valence-electron chi connectivity index (χ2n) is 11.2. The molecule has 5 aromatic rings. The van der Waals surface area contributed by atoms with Crippen molar-refractivity contribution in [3.05, 3.63) is 90.2 Å². The Bertz CT molecular complexity index is 1720. The molecule has 0 aliphatic carbocycles. The van der Waals surface area contributed by atoms with E-state index in [1.807, 2.05) is 0 Å². The fourth-order valence-electron chi connectivity index (χ4n) is 5.29. The van der Waals surface area contributed by atoms with Crippen LogP contribution in [0.1, 0.15) is 78.1 Å². The standard InChI is InChI=1S/C36H38O10/c1-3-5-7-9-11-21-41-23-13-17-25(18-14-23)43-31-27-29(35(39)45-33(27)37)32(30-28(31)34(38)46-36(30)40)44-26-19-15-24(16-20-26)42-22-12-10-8-6-4-2/h13-20H,3-12,21-22H2,1-2H3. The minimum absolute atomic E-state index is 0.230. The summed E-state index contributed by atoms with van der Waals surface area (Å²) in [5.74, 6) is 1.05. The molecule has 0 unspecified atom stereocenters. The van der Waals surface area contributed by atoms with E-state index in [1.165, 1.54) is 38.5 Å². The molecule has 46 heavy (non-hydrogen) atoms. The van der Waals surface area contributed by atoms with Crippen LogP contribution >= 0.6 is 0 Å². The quantitative estimate of drug-likeness (QED) is 0.0884. The molecule has 0 atom stereocenters. The van der Waals surface area contributed by atoms with Crippen LogP contribution in [-0.4, -0.2) is 13.2 Å². The Labute approximate surface area is 265 Å². The fraction of sp³-hybridized carbons (Fsp3) is 0.389. The molecule has 0 radical (unpaired) electrons. The maximum atomic E-state index is 12.9. The van der Waals surface area contributed by atoms with E-state index in [0.717, 1.165) is 25.7 Å². The van der Waals surface area contributed by atoms with Crippen molar-refractivity contribution in [1.29, 1.82) is 0 Å². The highest BCUT2D eigenvalue weighted by atomic mass is 16.5. The van der Waals surface area contributed by atoms with E-state index in [2.05, 4.69) is 13.8 Å². The summed E-state index contributed by atoms with van der Waals surface area (Å²) >= 11 is 0. The molecular weight excluding hydrogens is 592 g/mol. The van der Waals surface area contributed by atoms with Crippen LogP contribution in [0.25, 0.3) is 21.5 Å². The van der Waals surface area contributed by atoms with Crippen molar-refractivity contribution < 1.29 is 27.8 Å². The van der Waals surface area contributed by atoms with Crippen LogP contribution in [0.15, 0.2) is 76.5 Å². The van der Waals surface area contributed by atoms with Crippen LogP contribution < -0.4 is 41.4 Å². The molecule has 0 fully saturated rings. The molecule has 0 aliphatic rings. The zero-order chi connectivity index (χ0) is 32.5. The van der Waals surface area contributed by atoms with E-state index in [9.17, 15) is 19.2 Å². The number of fused-ring (bicyclic) bond motifs is 2. The lowest BCUT2D eigenvalue weighted by molar-refractivity contribution is 0.304. The average molecular weight is 631 g/mol. The van der Waals surface area contributed by atoms with E-state index in [4.69, 9.17) is 27.8 Å². The number of hydrogen-bond donors (Lipinski definition) is 0. The third kappa shape index (κ3) is 7.50. The Kier molecular flexibility index (Phi) is 10.9. The van der Waals surface area contributed by atoms with Crippen LogP contribution in [0.5, 0.6) is 34.5 Å². The Hall–Kier alpha value is -4.86. The van der Waals surface area contributed by atoms with E-state index in [0.29, 0.717) is 24.7 Å². The third-order valence-corrected chi connectivity index (χ3v) is 7.72. The van der Waals surface area contributed by atoms with Gasteiger partial charge in [0.15, 0.2) is 11.5 Å². The number of rotatable bonds is 18. The molecule has 0 bridgehead atoms. The van der Waals surface area contributed by atoms with Gasteiger partial charge in [-0.3, -0.25) is 0 Å². The molecule has 5 rings (SSSR count). The molecule has 0 saturated heterocycles. The summed E-state index contributed by atoms with van der Waals surface area (Å²) < 4.78 is 33.4. The number of hydrogen-bond acceptors (Lipinski definition) is 10. The lowest BCUT2D eigenvalue weighted by atomic mass is 10.1. The molecule has 2 aromatic heterocycles. The lowest BCUT2D eigenvalue weighted by Crippen LogP contribution is -2.03. The van der Waals surface area contributed by atoms with E-state index < -0.39 is 22.5 Å². The van der Waals surface area contributed by atoms with Gasteiger partial charge in [-0.1, -0.05) is 65.2 Å². The molecule has 0 amide bonds. The van der Waals surface area contributed by atoms with Crippen molar-refractivity contribution in [1.82, 2.24) is 0 Å². The van der Waals surface area contributed by atoms with Crippen LogP contribution in [-0.2, 0) is 0 Å². The molecule has 10 nitrogen and oxygen atoms in total. The molecule has 2 heterocycles. The van der Waals surface area contributed by atoms with Crippen LogP contribution in [0.4, 0.5) is 0 Å². The van der Waals surface area contributed by atoms with Gasteiger partial charge in [-0.15, -0.1) is 0 Å². The first kappa shape index (κ1) is 32.5. The fourth-order valence-corrected chi connectivity index (χ4v) is 5.29. The van der Waals surface area contributed by atoms with Crippen molar-refractivity contribution in [2.75, 3.05) is 13.2 Å². The number of benzene rings is 3. The second kappa shape index (κ2) is 15.4. The monoisotopic (exact) mass is 630 g/mol. The molecule has 0 aliphatic heterocycles. The zero-order valence-corrected chi connectivity index (χ0v) is 26.2. The average Bonchev–Trinajstić information content (AvgIpc) is 3.53. The van der Waals surface area contributed by atoms with Gasteiger partial charge in [-0.05, 0) is 61.4 Å². The van der Waals surface area contributed by atoms with Gasteiger partial charge in [0.1, 0.15) is 44.5 Å².